The maximum atomic E-state index is 5.24. The lowest BCUT2D eigenvalue weighted by Crippen LogP contribution is -2.27. The molecule has 1 saturated carbocycles. The lowest BCUT2D eigenvalue weighted by molar-refractivity contribution is 0.353. The van der Waals surface area contributed by atoms with E-state index in [1.54, 1.807) is 0 Å². The fourth-order valence-corrected chi connectivity index (χ4v) is 1.87. The average Bonchev–Trinajstić information content (AvgIpc) is 2.96. The van der Waals surface area contributed by atoms with Crippen LogP contribution in [-0.2, 0) is 13.0 Å². The molecule has 0 atom stereocenters. The molecule has 0 unspecified atom stereocenters. The zero-order chi connectivity index (χ0) is 12.4. The summed E-state index contributed by atoms with van der Waals surface area (Å²) in [6.45, 7) is 2.88. The van der Waals surface area contributed by atoms with E-state index in [-0.39, 0.29) is 0 Å². The van der Waals surface area contributed by atoms with Crippen LogP contribution in [0.4, 0.5) is 0 Å². The highest BCUT2D eigenvalue weighted by molar-refractivity contribution is 5.18. The molecule has 18 heavy (non-hydrogen) atoms. The van der Waals surface area contributed by atoms with Gasteiger partial charge in [-0.1, -0.05) is 35.5 Å². The van der Waals surface area contributed by atoms with Crippen molar-refractivity contribution >= 4 is 0 Å². The van der Waals surface area contributed by atoms with Crippen molar-refractivity contribution in [2.45, 2.75) is 38.3 Å². The maximum absolute atomic E-state index is 5.24. The third kappa shape index (κ3) is 2.76. The summed E-state index contributed by atoms with van der Waals surface area (Å²) in [5.74, 6) is 1.42. The molecule has 3 rings (SSSR count). The van der Waals surface area contributed by atoms with E-state index in [0.29, 0.717) is 18.0 Å². The third-order valence-corrected chi connectivity index (χ3v) is 3.38. The molecule has 0 aliphatic heterocycles. The topological polar surface area (TPSA) is 51.0 Å². The number of hydrogen-bond acceptors (Lipinski definition) is 4. The lowest BCUT2D eigenvalue weighted by atomic mass is 10.1. The van der Waals surface area contributed by atoms with Crippen molar-refractivity contribution in [2.24, 2.45) is 0 Å². The summed E-state index contributed by atoms with van der Waals surface area (Å²) in [5, 5.41) is 7.44. The number of nitrogens with one attached hydrogen (secondary N) is 1. The van der Waals surface area contributed by atoms with Gasteiger partial charge in [-0.05, 0) is 25.3 Å². The highest BCUT2D eigenvalue weighted by Crippen LogP contribution is 2.34. The van der Waals surface area contributed by atoms with Crippen molar-refractivity contribution in [1.29, 1.82) is 0 Å². The first-order chi connectivity index (χ1) is 8.73. The van der Waals surface area contributed by atoms with Crippen LogP contribution < -0.4 is 5.32 Å². The SMILES string of the molecule is CC1(NCc2nc(Cc3ccccc3)no2)CC1. The first kappa shape index (κ1) is 11.4. The molecule has 0 saturated heterocycles. The summed E-state index contributed by atoms with van der Waals surface area (Å²) in [4.78, 5) is 4.40. The average molecular weight is 243 g/mol. The van der Waals surface area contributed by atoms with Gasteiger partial charge in [0.25, 0.3) is 0 Å². The van der Waals surface area contributed by atoms with Crippen molar-refractivity contribution < 1.29 is 4.52 Å². The van der Waals surface area contributed by atoms with Gasteiger partial charge in [0, 0.05) is 12.0 Å². The molecule has 2 aromatic rings. The Morgan fingerprint density at radius 2 is 2.06 bits per heavy atom. The second-order valence-electron chi connectivity index (χ2n) is 5.18. The van der Waals surface area contributed by atoms with Crippen molar-refractivity contribution in [2.75, 3.05) is 0 Å². The molecule has 4 nitrogen and oxygen atoms in total. The Morgan fingerprint density at radius 1 is 1.28 bits per heavy atom. The summed E-state index contributed by atoms with van der Waals surface area (Å²) < 4.78 is 5.24. The predicted octanol–water partition coefficient (Wildman–Crippen LogP) is 2.30. The quantitative estimate of drug-likeness (QED) is 0.875. The highest BCUT2D eigenvalue weighted by atomic mass is 16.5. The van der Waals surface area contributed by atoms with Crippen LogP contribution in [0.5, 0.6) is 0 Å². The van der Waals surface area contributed by atoms with Crippen LogP contribution in [-0.4, -0.2) is 15.7 Å². The minimum atomic E-state index is 0.300. The molecule has 1 aliphatic carbocycles. The first-order valence-corrected chi connectivity index (χ1v) is 6.34. The summed E-state index contributed by atoms with van der Waals surface area (Å²) in [6, 6.07) is 10.2. The van der Waals surface area contributed by atoms with Gasteiger partial charge >= 0.3 is 0 Å². The number of hydrogen-bond donors (Lipinski definition) is 1. The Kier molecular flexibility index (Phi) is 2.88. The Bertz CT molecular complexity index is 517. The van der Waals surface area contributed by atoms with Gasteiger partial charge < -0.3 is 9.84 Å². The Morgan fingerprint density at radius 3 is 2.78 bits per heavy atom. The molecule has 0 spiro atoms. The molecule has 0 amide bonds. The standard InChI is InChI=1S/C14H17N3O/c1-14(7-8-14)15-10-13-16-12(17-18-13)9-11-5-3-2-4-6-11/h2-6,15H,7-10H2,1H3. The molecule has 94 valence electrons. The van der Waals surface area contributed by atoms with E-state index in [0.717, 1.165) is 12.2 Å². The maximum Gasteiger partial charge on any atom is 0.240 e. The Labute approximate surface area is 106 Å². The molecule has 0 radical (unpaired) electrons. The number of aromatic nitrogens is 2. The van der Waals surface area contributed by atoms with Crippen molar-refractivity contribution in [1.82, 2.24) is 15.5 Å². The molecular formula is C14H17N3O. The van der Waals surface area contributed by atoms with Gasteiger partial charge in [0.05, 0.1) is 6.54 Å². The van der Waals surface area contributed by atoms with Gasteiger partial charge in [0.1, 0.15) is 0 Å². The Hall–Kier alpha value is -1.68. The van der Waals surface area contributed by atoms with E-state index in [1.165, 1.54) is 18.4 Å². The van der Waals surface area contributed by atoms with E-state index in [9.17, 15) is 0 Å². The minimum Gasteiger partial charge on any atom is -0.338 e. The van der Waals surface area contributed by atoms with Gasteiger partial charge in [-0.2, -0.15) is 4.98 Å². The summed E-state index contributed by atoms with van der Waals surface area (Å²) >= 11 is 0. The summed E-state index contributed by atoms with van der Waals surface area (Å²) in [6.07, 6.45) is 3.19. The zero-order valence-electron chi connectivity index (χ0n) is 10.5. The van der Waals surface area contributed by atoms with Gasteiger partial charge in [0.15, 0.2) is 5.82 Å². The van der Waals surface area contributed by atoms with Crippen LogP contribution in [0.15, 0.2) is 34.9 Å². The zero-order valence-corrected chi connectivity index (χ0v) is 10.5. The fraction of sp³-hybridized carbons (Fsp3) is 0.429. The van der Waals surface area contributed by atoms with Gasteiger partial charge in [-0.3, -0.25) is 0 Å². The number of rotatable bonds is 5. The van der Waals surface area contributed by atoms with Gasteiger partial charge in [-0.25, -0.2) is 0 Å². The van der Waals surface area contributed by atoms with Crippen LogP contribution in [0.2, 0.25) is 0 Å². The van der Waals surface area contributed by atoms with Crippen molar-refractivity contribution in [3.05, 3.63) is 47.6 Å². The van der Waals surface area contributed by atoms with E-state index >= 15 is 0 Å². The largest absolute Gasteiger partial charge is 0.338 e. The first-order valence-electron chi connectivity index (χ1n) is 6.34. The van der Waals surface area contributed by atoms with Crippen molar-refractivity contribution in [3.63, 3.8) is 0 Å². The molecule has 1 heterocycles. The van der Waals surface area contributed by atoms with Crippen LogP contribution in [0.1, 0.15) is 37.0 Å². The molecular weight excluding hydrogens is 226 g/mol. The third-order valence-electron chi connectivity index (χ3n) is 3.38. The molecule has 1 N–H and O–H groups in total. The normalized spacial score (nSPS) is 16.7. The molecule has 1 aromatic carbocycles. The van der Waals surface area contributed by atoms with Crippen LogP contribution in [0, 0.1) is 0 Å². The van der Waals surface area contributed by atoms with E-state index in [2.05, 4.69) is 34.5 Å². The summed E-state index contributed by atoms with van der Waals surface area (Å²) in [7, 11) is 0. The van der Waals surface area contributed by atoms with Crippen LogP contribution in [0.25, 0.3) is 0 Å². The smallest absolute Gasteiger partial charge is 0.240 e. The van der Waals surface area contributed by atoms with Crippen LogP contribution in [0.3, 0.4) is 0 Å². The Balaban J connectivity index is 1.59. The highest BCUT2D eigenvalue weighted by Gasteiger charge is 2.36. The van der Waals surface area contributed by atoms with Gasteiger partial charge in [-0.15, -0.1) is 0 Å². The van der Waals surface area contributed by atoms with E-state index in [4.69, 9.17) is 4.52 Å². The molecule has 1 fully saturated rings. The lowest BCUT2D eigenvalue weighted by Gasteiger charge is -2.07. The minimum absolute atomic E-state index is 0.300. The molecule has 0 bridgehead atoms. The molecule has 1 aliphatic rings. The predicted molar refractivity (Wildman–Crippen MR) is 68.0 cm³/mol. The second-order valence-corrected chi connectivity index (χ2v) is 5.18. The fourth-order valence-electron chi connectivity index (χ4n) is 1.87. The van der Waals surface area contributed by atoms with E-state index < -0.39 is 0 Å². The molecule has 1 aromatic heterocycles. The summed E-state index contributed by atoms with van der Waals surface area (Å²) in [5.41, 5.74) is 1.50. The number of nitrogens with zero attached hydrogens (tertiary/aromatic N) is 2. The number of benzene rings is 1. The van der Waals surface area contributed by atoms with E-state index in [1.807, 2.05) is 18.2 Å². The van der Waals surface area contributed by atoms with Crippen LogP contribution >= 0.6 is 0 Å². The van der Waals surface area contributed by atoms with Crippen molar-refractivity contribution in [3.8, 4) is 0 Å². The second kappa shape index (κ2) is 4.53. The monoisotopic (exact) mass is 243 g/mol. The van der Waals surface area contributed by atoms with Gasteiger partial charge in [0.2, 0.25) is 5.89 Å². The molecule has 4 heteroatoms.